The lowest BCUT2D eigenvalue weighted by atomic mass is 10.1. The van der Waals surface area contributed by atoms with Gasteiger partial charge < -0.3 is 25.0 Å². The van der Waals surface area contributed by atoms with Crippen LogP contribution >= 0.6 is 0 Å². The van der Waals surface area contributed by atoms with Gasteiger partial charge in [0.15, 0.2) is 11.5 Å². The summed E-state index contributed by atoms with van der Waals surface area (Å²) in [7, 11) is 3.03. The molecule has 2 aromatic rings. The van der Waals surface area contributed by atoms with E-state index in [1.165, 1.54) is 19.3 Å². The number of benzene rings is 2. The third-order valence-electron chi connectivity index (χ3n) is 3.60. The Morgan fingerprint density at radius 3 is 2.48 bits per heavy atom. The molecule has 2 rings (SSSR count). The molecule has 0 unspecified atom stereocenters. The highest BCUT2D eigenvalue weighted by atomic mass is 16.5. The number of hydrogen-bond acceptors (Lipinski definition) is 5. The molecule has 0 radical (unpaired) electrons. The zero-order chi connectivity index (χ0) is 18.2. The first-order valence-corrected chi connectivity index (χ1v) is 7.68. The van der Waals surface area contributed by atoms with Gasteiger partial charge in [-0.1, -0.05) is 18.2 Å². The highest BCUT2D eigenvalue weighted by Gasteiger charge is 2.11. The number of carbonyl (C=O) groups excluding carboxylic acids is 1. The van der Waals surface area contributed by atoms with Gasteiger partial charge in [0.05, 0.1) is 20.3 Å². The second-order valence-electron chi connectivity index (χ2n) is 5.30. The van der Waals surface area contributed by atoms with E-state index in [0.717, 1.165) is 11.3 Å². The SMILES string of the molecule is COc1ccc(/C=C/C(=O)NC[C@@H](O)c2ccc(OC)c(O)c2)cc1. The number of phenols is 1. The summed E-state index contributed by atoms with van der Waals surface area (Å²) in [6.07, 6.45) is 2.12. The lowest BCUT2D eigenvalue weighted by Crippen LogP contribution is -2.26. The molecule has 0 aliphatic heterocycles. The molecule has 1 amide bonds. The Hall–Kier alpha value is -2.99. The molecule has 0 saturated heterocycles. The minimum atomic E-state index is -0.935. The number of aromatic hydroxyl groups is 1. The average molecular weight is 343 g/mol. The van der Waals surface area contributed by atoms with Gasteiger partial charge in [0, 0.05) is 12.6 Å². The predicted octanol–water partition coefficient (Wildman–Crippen LogP) is 2.27. The van der Waals surface area contributed by atoms with Crippen molar-refractivity contribution in [3.8, 4) is 17.2 Å². The Bertz CT molecular complexity index is 740. The van der Waals surface area contributed by atoms with Gasteiger partial charge in [0.2, 0.25) is 5.91 Å². The van der Waals surface area contributed by atoms with Crippen LogP contribution in [0.3, 0.4) is 0 Å². The van der Waals surface area contributed by atoms with Gasteiger partial charge in [0.25, 0.3) is 0 Å². The van der Waals surface area contributed by atoms with Crippen LogP contribution in [0.15, 0.2) is 48.5 Å². The van der Waals surface area contributed by atoms with Crippen molar-refractivity contribution in [2.24, 2.45) is 0 Å². The monoisotopic (exact) mass is 343 g/mol. The van der Waals surface area contributed by atoms with Gasteiger partial charge in [-0.3, -0.25) is 4.79 Å². The van der Waals surface area contributed by atoms with Crippen molar-refractivity contribution in [2.45, 2.75) is 6.10 Å². The standard InChI is InChI=1S/C19H21NO5/c1-24-15-7-3-13(4-8-15)5-10-19(23)20-12-17(22)14-6-9-18(25-2)16(21)11-14/h3-11,17,21-22H,12H2,1-2H3,(H,20,23)/b10-5+/t17-/m1/s1. The van der Waals surface area contributed by atoms with Crippen LogP contribution in [-0.2, 0) is 4.79 Å². The van der Waals surface area contributed by atoms with E-state index in [1.54, 1.807) is 37.5 Å². The number of rotatable bonds is 7. The van der Waals surface area contributed by atoms with E-state index >= 15 is 0 Å². The summed E-state index contributed by atoms with van der Waals surface area (Å²) in [5.41, 5.74) is 1.34. The third-order valence-corrected chi connectivity index (χ3v) is 3.60. The largest absolute Gasteiger partial charge is 0.504 e. The lowest BCUT2D eigenvalue weighted by molar-refractivity contribution is -0.116. The van der Waals surface area contributed by atoms with Crippen LogP contribution in [0.1, 0.15) is 17.2 Å². The first-order valence-electron chi connectivity index (χ1n) is 7.68. The van der Waals surface area contributed by atoms with Gasteiger partial charge >= 0.3 is 0 Å². The Balaban J connectivity index is 1.88. The van der Waals surface area contributed by atoms with E-state index in [9.17, 15) is 15.0 Å². The molecule has 0 heterocycles. The molecule has 0 aliphatic carbocycles. The molecule has 0 aliphatic rings. The van der Waals surface area contributed by atoms with E-state index < -0.39 is 6.10 Å². The minimum absolute atomic E-state index is 0.0254. The Kier molecular flexibility index (Phi) is 6.42. The molecule has 25 heavy (non-hydrogen) atoms. The smallest absolute Gasteiger partial charge is 0.244 e. The third kappa shape index (κ3) is 5.26. The highest BCUT2D eigenvalue weighted by molar-refractivity contribution is 5.91. The summed E-state index contributed by atoms with van der Waals surface area (Å²) in [6, 6.07) is 11.9. The molecule has 2 aromatic carbocycles. The van der Waals surface area contributed by atoms with E-state index in [4.69, 9.17) is 9.47 Å². The van der Waals surface area contributed by atoms with Gasteiger partial charge in [0.1, 0.15) is 5.75 Å². The number of hydrogen-bond donors (Lipinski definition) is 3. The summed E-state index contributed by atoms with van der Waals surface area (Å²) in [4.78, 5) is 11.8. The maximum absolute atomic E-state index is 11.8. The molecule has 6 nitrogen and oxygen atoms in total. The number of methoxy groups -OCH3 is 2. The molecule has 0 fully saturated rings. The number of phenolic OH excluding ortho intramolecular Hbond substituents is 1. The van der Waals surface area contributed by atoms with Gasteiger partial charge in [-0.25, -0.2) is 0 Å². The first kappa shape index (κ1) is 18.4. The average Bonchev–Trinajstić information content (AvgIpc) is 2.64. The number of ether oxygens (including phenoxy) is 2. The van der Waals surface area contributed by atoms with Gasteiger partial charge in [-0.05, 0) is 41.5 Å². The van der Waals surface area contributed by atoms with Crippen molar-refractivity contribution in [3.05, 3.63) is 59.7 Å². The zero-order valence-corrected chi connectivity index (χ0v) is 14.1. The molecular weight excluding hydrogens is 322 g/mol. The fraction of sp³-hybridized carbons (Fsp3) is 0.211. The molecule has 0 saturated carbocycles. The normalized spacial score (nSPS) is 12.0. The molecule has 132 valence electrons. The Morgan fingerprint density at radius 1 is 1.16 bits per heavy atom. The quantitative estimate of drug-likeness (QED) is 0.671. The molecule has 1 atom stereocenters. The van der Waals surface area contributed by atoms with Crippen molar-refractivity contribution in [3.63, 3.8) is 0 Å². The lowest BCUT2D eigenvalue weighted by Gasteiger charge is -2.13. The second kappa shape index (κ2) is 8.75. The number of amides is 1. The van der Waals surface area contributed by atoms with Crippen molar-refractivity contribution < 1.29 is 24.5 Å². The van der Waals surface area contributed by atoms with E-state index in [-0.39, 0.29) is 18.2 Å². The zero-order valence-electron chi connectivity index (χ0n) is 14.1. The summed E-state index contributed by atoms with van der Waals surface area (Å²) >= 11 is 0. The van der Waals surface area contributed by atoms with Crippen molar-refractivity contribution in [2.75, 3.05) is 20.8 Å². The number of carbonyl (C=O) groups is 1. The minimum Gasteiger partial charge on any atom is -0.504 e. The number of nitrogens with one attached hydrogen (secondary N) is 1. The van der Waals surface area contributed by atoms with Crippen LogP contribution in [0.5, 0.6) is 17.2 Å². The van der Waals surface area contributed by atoms with E-state index in [2.05, 4.69) is 5.32 Å². The second-order valence-corrected chi connectivity index (χ2v) is 5.30. The van der Waals surface area contributed by atoms with Crippen LogP contribution < -0.4 is 14.8 Å². The maximum Gasteiger partial charge on any atom is 0.244 e. The van der Waals surface area contributed by atoms with Gasteiger partial charge in [-0.2, -0.15) is 0 Å². The maximum atomic E-state index is 11.8. The summed E-state index contributed by atoms with van der Waals surface area (Å²) < 4.78 is 10.0. The van der Waals surface area contributed by atoms with Crippen LogP contribution in [0.2, 0.25) is 0 Å². The molecule has 0 aromatic heterocycles. The van der Waals surface area contributed by atoms with Crippen molar-refractivity contribution in [1.82, 2.24) is 5.32 Å². The number of aliphatic hydroxyl groups excluding tert-OH is 1. The Morgan fingerprint density at radius 2 is 1.88 bits per heavy atom. The molecule has 3 N–H and O–H groups in total. The van der Waals surface area contributed by atoms with Crippen molar-refractivity contribution in [1.29, 1.82) is 0 Å². The molecule has 0 bridgehead atoms. The topological polar surface area (TPSA) is 88.0 Å². The summed E-state index contributed by atoms with van der Waals surface area (Å²) in [6.45, 7) is 0.0254. The summed E-state index contributed by atoms with van der Waals surface area (Å²) in [5.74, 6) is 0.673. The summed E-state index contributed by atoms with van der Waals surface area (Å²) in [5, 5.41) is 22.4. The number of aliphatic hydroxyl groups is 1. The first-order chi connectivity index (χ1) is 12.0. The molecule has 0 spiro atoms. The Labute approximate surface area is 146 Å². The highest BCUT2D eigenvalue weighted by Crippen LogP contribution is 2.28. The van der Waals surface area contributed by atoms with Crippen LogP contribution in [0, 0.1) is 0 Å². The van der Waals surface area contributed by atoms with E-state index in [0.29, 0.717) is 11.3 Å². The van der Waals surface area contributed by atoms with Crippen LogP contribution in [0.25, 0.3) is 6.08 Å². The fourth-order valence-electron chi connectivity index (χ4n) is 2.18. The van der Waals surface area contributed by atoms with Crippen molar-refractivity contribution >= 4 is 12.0 Å². The van der Waals surface area contributed by atoms with Crippen LogP contribution in [0.4, 0.5) is 0 Å². The van der Waals surface area contributed by atoms with E-state index in [1.807, 2.05) is 12.1 Å². The van der Waals surface area contributed by atoms with Gasteiger partial charge in [-0.15, -0.1) is 0 Å². The van der Waals surface area contributed by atoms with Crippen LogP contribution in [-0.4, -0.2) is 36.9 Å². The predicted molar refractivity (Wildman–Crippen MR) is 94.7 cm³/mol. The molecular formula is C19H21NO5. The fourth-order valence-corrected chi connectivity index (χ4v) is 2.18. The molecule has 6 heteroatoms.